The van der Waals surface area contributed by atoms with Gasteiger partial charge < -0.3 is 19.7 Å². The highest BCUT2D eigenvalue weighted by Gasteiger charge is 2.25. The number of anilines is 2. The molecule has 0 aliphatic carbocycles. The van der Waals surface area contributed by atoms with Gasteiger partial charge in [-0.15, -0.1) is 0 Å². The van der Waals surface area contributed by atoms with Gasteiger partial charge in [0.1, 0.15) is 11.5 Å². The number of hydrogen-bond donors (Lipinski definition) is 1. The van der Waals surface area contributed by atoms with Crippen molar-refractivity contribution in [2.45, 2.75) is 20.3 Å². The van der Waals surface area contributed by atoms with E-state index < -0.39 is 0 Å². The number of benzene rings is 2. The minimum absolute atomic E-state index is 0.0191. The van der Waals surface area contributed by atoms with Crippen molar-refractivity contribution in [1.82, 2.24) is 0 Å². The van der Waals surface area contributed by atoms with Crippen LogP contribution in [0, 0.1) is 6.92 Å². The highest BCUT2D eigenvalue weighted by molar-refractivity contribution is 5.99. The number of nitrogens with one attached hydrogen (secondary N) is 1. The Kier molecular flexibility index (Phi) is 5.41. The topological polar surface area (TPSA) is 67.9 Å². The molecule has 136 valence electrons. The third-order valence-corrected chi connectivity index (χ3v) is 4.01. The van der Waals surface area contributed by atoms with Crippen LogP contribution in [0.4, 0.5) is 11.4 Å². The Morgan fingerprint density at radius 3 is 2.88 bits per heavy atom. The van der Waals surface area contributed by atoms with Gasteiger partial charge in [0.15, 0.2) is 6.61 Å². The number of nitrogens with zero attached hydrogens (tertiary/aromatic N) is 1. The molecule has 0 fully saturated rings. The number of ether oxygens (including phenoxy) is 2. The van der Waals surface area contributed by atoms with Crippen LogP contribution >= 0.6 is 0 Å². The molecule has 0 saturated heterocycles. The van der Waals surface area contributed by atoms with Crippen molar-refractivity contribution in [2.24, 2.45) is 0 Å². The van der Waals surface area contributed by atoms with Crippen LogP contribution in [-0.4, -0.2) is 31.6 Å². The SMILES string of the molecule is CC(=O)Nc1ccc2c(c1)N(CCCOc1cccc(C)c1)C(=O)CO2. The zero-order valence-corrected chi connectivity index (χ0v) is 15.0. The number of carbonyl (C=O) groups is 2. The Morgan fingerprint density at radius 1 is 1.27 bits per heavy atom. The highest BCUT2D eigenvalue weighted by atomic mass is 16.5. The van der Waals surface area contributed by atoms with Gasteiger partial charge >= 0.3 is 0 Å². The van der Waals surface area contributed by atoms with Crippen LogP contribution < -0.4 is 19.7 Å². The number of hydrogen-bond acceptors (Lipinski definition) is 4. The van der Waals surface area contributed by atoms with Crippen LogP contribution in [0.1, 0.15) is 18.9 Å². The summed E-state index contributed by atoms with van der Waals surface area (Å²) in [4.78, 5) is 25.2. The molecule has 1 N–H and O–H groups in total. The van der Waals surface area contributed by atoms with Gasteiger partial charge in [-0.3, -0.25) is 9.59 Å². The van der Waals surface area contributed by atoms with Gasteiger partial charge in [-0.2, -0.15) is 0 Å². The number of amides is 2. The van der Waals surface area contributed by atoms with E-state index in [-0.39, 0.29) is 18.4 Å². The van der Waals surface area contributed by atoms with E-state index in [2.05, 4.69) is 5.32 Å². The fourth-order valence-electron chi connectivity index (χ4n) is 2.85. The molecule has 1 aliphatic rings. The summed E-state index contributed by atoms with van der Waals surface area (Å²) in [6.45, 7) is 4.51. The van der Waals surface area contributed by atoms with Gasteiger partial charge in [0.2, 0.25) is 5.91 Å². The van der Waals surface area contributed by atoms with Gasteiger partial charge in [0, 0.05) is 19.2 Å². The maximum Gasteiger partial charge on any atom is 0.265 e. The Bertz CT molecular complexity index is 819. The number of aryl methyl sites for hydroxylation is 1. The van der Waals surface area contributed by atoms with Crippen LogP contribution in [0.3, 0.4) is 0 Å². The van der Waals surface area contributed by atoms with Crippen molar-refractivity contribution in [1.29, 1.82) is 0 Å². The Labute approximate surface area is 152 Å². The average molecular weight is 354 g/mol. The molecule has 2 aromatic rings. The second kappa shape index (κ2) is 7.91. The molecule has 0 atom stereocenters. The minimum atomic E-state index is -0.161. The molecule has 0 radical (unpaired) electrons. The maximum atomic E-state index is 12.3. The molecule has 0 unspecified atom stereocenters. The molecule has 1 aliphatic heterocycles. The van der Waals surface area contributed by atoms with Gasteiger partial charge in [0.25, 0.3) is 5.91 Å². The zero-order chi connectivity index (χ0) is 18.5. The highest BCUT2D eigenvalue weighted by Crippen LogP contribution is 2.34. The number of fused-ring (bicyclic) bond motifs is 1. The van der Waals surface area contributed by atoms with Gasteiger partial charge in [-0.05, 0) is 49.2 Å². The molecular formula is C20H22N2O4. The summed E-state index contributed by atoms with van der Waals surface area (Å²) in [5, 5.41) is 2.73. The Morgan fingerprint density at radius 2 is 2.12 bits per heavy atom. The lowest BCUT2D eigenvalue weighted by atomic mass is 10.2. The van der Waals surface area contributed by atoms with Crippen LogP contribution in [0.25, 0.3) is 0 Å². The Hall–Kier alpha value is -3.02. The first-order valence-electron chi connectivity index (χ1n) is 8.57. The van der Waals surface area contributed by atoms with Crippen LogP contribution in [0.2, 0.25) is 0 Å². The van der Waals surface area contributed by atoms with Crippen molar-refractivity contribution < 1.29 is 19.1 Å². The third-order valence-electron chi connectivity index (χ3n) is 4.01. The lowest BCUT2D eigenvalue weighted by Gasteiger charge is -2.29. The largest absolute Gasteiger partial charge is 0.494 e. The van der Waals surface area contributed by atoms with E-state index >= 15 is 0 Å². The zero-order valence-electron chi connectivity index (χ0n) is 15.0. The summed E-state index contributed by atoms with van der Waals surface area (Å²) in [5.74, 6) is 1.20. The lowest BCUT2D eigenvalue weighted by molar-refractivity contribution is -0.121. The van der Waals surface area contributed by atoms with Crippen molar-refractivity contribution in [3.05, 3.63) is 48.0 Å². The molecule has 0 aromatic heterocycles. The number of carbonyl (C=O) groups excluding carboxylic acids is 2. The van der Waals surface area contributed by atoms with E-state index in [0.29, 0.717) is 36.7 Å². The number of rotatable bonds is 6. The van der Waals surface area contributed by atoms with E-state index in [4.69, 9.17) is 9.47 Å². The summed E-state index contributed by atoms with van der Waals surface area (Å²) in [6.07, 6.45) is 0.684. The maximum absolute atomic E-state index is 12.3. The molecule has 6 nitrogen and oxygen atoms in total. The van der Waals surface area contributed by atoms with E-state index in [1.54, 1.807) is 23.1 Å². The van der Waals surface area contributed by atoms with Crippen LogP contribution in [0.5, 0.6) is 11.5 Å². The van der Waals surface area contributed by atoms with Gasteiger partial charge in [-0.1, -0.05) is 12.1 Å². The standard InChI is InChI=1S/C20H22N2O4/c1-14-5-3-6-17(11-14)25-10-4-9-22-18-12-16(21-15(2)23)7-8-19(18)26-13-20(22)24/h3,5-8,11-12H,4,9-10,13H2,1-2H3,(H,21,23). The van der Waals surface area contributed by atoms with Crippen molar-refractivity contribution >= 4 is 23.2 Å². The summed E-state index contributed by atoms with van der Waals surface area (Å²) < 4.78 is 11.2. The van der Waals surface area contributed by atoms with E-state index in [1.165, 1.54) is 6.92 Å². The first-order chi connectivity index (χ1) is 12.5. The normalized spacial score (nSPS) is 13.0. The quantitative estimate of drug-likeness (QED) is 0.809. The predicted octanol–water partition coefficient (Wildman–Crippen LogP) is 3.15. The molecule has 1 heterocycles. The van der Waals surface area contributed by atoms with Crippen LogP contribution in [0.15, 0.2) is 42.5 Å². The predicted molar refractivity (Wildman–Crippen MR) is 99.9 cm³/mol. The summed E-state index contributed by atoms with van der Waals surface area (Å²) in [5.41, 5.74) is 2.45. The third kappa shape index (κ3) is 4.33. The van der Waals surface area contributed by atoms with Crippen molar-refractivity contribution in [2.75, 3.05) is 30.0 Å². The second-order valence-corrected chi connectivity index (χ2v) is 6.22. The monoisotopic (exact) mass is 354 g/mol. The molecule has 0 spiro atoms. The van der Waals surface area contributed by atoms with E-state index in [0.717, 1.165) is 11.3 Å². The van der Waals surface area contributed by atoms with E-state index in [1.807, 2.05) is 31.2 Å². The summed E-state index contributed by atoms with van der Waals surface area (Å²) in [7, 11) is 0. The fraction of sp³-hybridized carbons (Fsp3) is 0.300. The van der Waals surface area contributed by atoms with Gasteiger partial charge in [-0.25, -0.2) is 0 Å². The Balaban J connectivity index is 1.64. The lowest BCUT2D eigenvalue weighted by Crippen LogP contribution is -2.39. The fourth-order valence-corrected chi connectivity index (χ4v) is 2.85. The first kappa shape index (κ1) is 17.8. The van der Waals surface area contributed by atoms with Crippen molar-refractivity contribution in [3.8, 4) is 11.5 Å². The van der Waals surface area contributed by atoms with E-state index in [9.17, 15) is 9.59 Å². The minimum Gasteiger partial charge on any atom is -0.494 e. The molecule has 0 saturated carbocycles. The molecule has 3 rings (SSSR count). The summed E-state index contributed by atoms with van der Waals surface area (Å²) in [6, 6.07) is 13.2. The molecule has 0 bridgehead atoms. The average Bonchev–Trinajstić information content (AvgIpc) is 2.60. The van der Waals surface area contributed by atoms with Crippen molar-refractivity contribution in [3.63, 3.8) is 0 Å². The molecular weight excluding hydrogens is 332 g/mol. The molecule has 2 aromatic carbocycles. The van der Waals surface area contributed by atoms with Gasteiger partial charge in [0.05, 0.1) is 12.3 Å². The molecule has 26 heavy (non-hydrogen) atoms. The van der Waals surface area contributed by atoms with Crippen LogP contribution in [-0.2, 0) is 9.59 Å². The molecule has 6 heteroatoms. The summed E-state index contributed by atoms with van der Waals surface area (Å²) >= 11 is 0. The molecule has 2 amide bonds. The second-order valence-electron chi connectivity index (χ2n) is 6.22. The first-order valence-corrected chi connectivity index (χ1v) is 8.57. The smallest absolute Gasteiger partial charge is 0.265 e.